The lowest BCUT2D eigenvalue weighted by Gasteiger charge is -2.24. The van der Waals surface area contributed by atoms with Crippen LogP contribution in [0.4, 0.5) is 0 Å². The Kier molecular flexibility index (Phi) is 5.58. The van der Waals surface area contributed by atoms with Crippen molar-refractivity contribution in [2.75, 3.05) is 32.0 Å². The molecule has 2 N–H and O–H groups in total. The van der Waals surface area contributed by atoms with Crippen LogP contribution in [0, 0.1) is 0 Å². The minimum absolute atomic E-state index is 0.0918. The van der Waals surface area contributed by atoms with Crippen LogP contribution in [0.2, 0.25) is 0 Å². The fourth-order valence-corrected chi connectivity index (χ4v) is 1.98. The molecular weight excluding hydrogens is 224 g/mol. The first-order valence-electron chi connectivity index (χ1n) is 5.70. The van der Waals surface area contributed by atoms with Gasteiger partial charge in [0.2, 0.25) is 5.91 Å². The van der Waals surface area contributed by atoms with Crippen molar-refractivity contribution in [1.82, 2.24) is 10.6 Å². The third-order valence-electron chi connectivity index (χ3n) is 2.17. The van der Waals surface area contributed by atoms with E-state index in [1.54, 1.807) is 11.8 Å². The van der Waals surface area contributed by atoms with Crippen molar-refractivity contribution >= 4 is 17.7 Å². The minimum atomic E-state index is 0.0918. The van der Waals surface area contributed by atoms with Crippen LogP contribution in [-0.2, 0) is 9.53 Å². The molecule has 1 atom stereocenters. The first kappa shape index (κ1) is 13.8. The van der Waals surface area contributed by atoms with Crippen molar-refractivity contribution in [2.24, 2.45) is 0 Å². The van der Waals surface area contributed by atoms with Gasteiger partial charge in [0.1, 0.15) is 0 Å². The third-order valence-corrected chi connectivity index (χ3v) is 3.44. The Bertz CT molecular complexity index is 223. The molecule has 0 bridgehead atoms. The standard InChI is InChI=1S/C11H22N2O2S/c1-11(2,3)16-8-10(14)13-7-9-6-12-4-5-15-9/h9,12H,4-8H2,1-3H3,(H,13,14). The average molecular weight is 246 g/mol. The predicted molar refractivity (Wildman–Crippen MR) is 67.8 cm³/mol. The molecule has 0 aliphatic carbocycles. The van der Waals surface area contributed by atoms with Gasteiger partial charge >= 0.3 is 0 Å². The number of morpholine rings is 1. The molecule has 5 heteroatoms. The molecule has 1 aliphatic heterocycles. The Morgan fingerprint density at radius 2 is 2.31 bits per heavy atom. The molecule has 94 valence electrons. The topological polar surface area (TPSA) is 50.4 Å². The molecule has 16 heavy (non-hydrogen) atoms. The zero-order chi connectivity index (χ0) is 12.0. The van der Waals surface area contributed by atoms with Gasteiger partial charge in [-0.2, -0.15) is 0 Å². The van der Waals surface area contributed by atoms with Crippen LogP contribution in [0.5, 0.6) is 0 Å². The molecule has 0 spiro atoms. The number of hydrogen-bond donors (Lipinski definition) is 2. The zero-order valence-electron chi connectivity index (χ0n) is 10.3. The lowest BCUT2D eigenvalue weighted by Crippen LogP contribution is -2.45. The summed E-state index contributed by atoms with van der Waals surface area (Å²) in [5.41, 5.74) is 0. The summed E-state index contributed by atoms with van der Waals surface area (Å²) >= 11 is 1.66. The van der Waals surface area contributed by atoms with Gasteiger partial charge in [0.25, 0.3) is 0 Å². The summed E-state index contributed by atoms with van der Waals surface area (Å²) in [6.45, 7) is 9.40. The van der Waals surface area contributed by atoms with Gasteiger partial charge in [0.05, 0.1) is 18.5 Å². The van der Waals surface area contributed by atoms with E-state index in [0.717, 1.165) is 19.7 Å². The van der Waals surface area contributed by atoms with Crippen LogP contribution in [-0.4, -0.2) is 48.8 Å². The van der Waals surface area contributed by atoms with Gasteiger partial charge in [-0.05, 0) is 0 Å². The van der Waals surface area contributed by atoms with E-state index in [-0.39, 0.29) is 16.8 Å². The number of rotatable bonds is 4. The molecular formula is C11H22N2O2S. The van der Waals surface area contributed by atoms with Crippen molar-refractivity contribution in [1.29, 1.82) is 0 Å². The SMILES string of the molecule is CC(C)(C)SCC(=O)NCC1CNCCO1. The molecule has 1 amide bonds. The van der Waals surface area contributed by atoms with Crippen molar-refractivity contribution < 1.29 is 9.53 Å². The molecule has 1 heterocycles. The maximum absolute atomic E-state index is 11.5. The normalized spacial score (nSPS) is 21.8. The van der Waals surface area contributed by atoms with Crippen LogP contribution in [0.3, 0.4) is 0 Å². The van der Waals surface area contributed by atoms with Crippen LogP contribution in [0.25, 0.3) is 0 Å². The van der Waals surface area contributed by atoms with Gasteiger partial charge in [-0.3, -0.25) is 4.79 Å². The monoisotopic (exact) mass is 246 g/mol. The lowest BCUT2D eigenvalue weighted by molar-refractivity contribution is -0.119. The maximum Gasteiger partial charge on any atom is 0.230 e. The molecule has 1 fully saturated rings. The van der Waals surface area contributed by atoms with Gasteiger partial charge in [-0.15, -0.1) is 11.8 Å². The summed E-state index contributed by atoms with van der Waals surface area (Å²) in [6.07, 6.45) is 0.123. The highest BCUT2D eigenvalue weighted by molar-refractivity contribution is 8.01. The molecule has 1 rings (SSSR count). The summed E-state index contributed by atoms with van der Waals surface area (Å²) in [6, 6.07) is 0. The fraction of sp³-hybridized carbons (Fsp3) is 0.909. The van der Waals surface area contributed by atoms with E-state index < -0.39 is 0 Å². The summed E-state index contributed by atoms with van der Waals surface area (Å²) in [5.74, 6) is 0.609. The number of carbonyl (C=O) groups is 1. The first-order chi connectivity index (χ1) is 7.47. The molecule has 0 aromatic carbocycles. The second kappa shape index (κ2) is 6.47. The highest BCUT2D eigenvalue weighted by atomic mass is 32.2. The smallest absolute Gasteiger partial charge is 0.230 e. The molecule has 1 unspecified atom stereocenters. The van der Waals surface area contributed by atoms with Crippen LogP contribution >= 0.6 is 11.8 Å². The van der Waals surface area contributed by atoms with E-state index in [0.29, 0.717) is 12.3 Å². The number of ether oxygens (including phenoxy) is 1. The predicted octanol–water partition coefficient (Wildman–Crippen LogP) is 0.623. The second-order valence-electron chi connectivity index (χ2n) is 4.90. The fourth-order valence-electron chi connectivity index (χ4n) is 1.31. The summed E-state index contributed by atoms with van der Waals surface area (Å²) in [5, 5.41) is 6.13. The summed E-state index contributed by atoms with van der Waals surface area (Å²) < 4.78 is 5.63. The molecule has 0 aromatic rings. The largest absolute Gasteiger partial charge is 0.374 e. The Hall–Kier alpha value is -0.260. The van der Waals surface area contributed by atoms with Gasteiger partial charge < -0.3 is 15.4 Å². The van der Waals surface area contributed by atoms with E-state index in [1.807, 2.05) is 0 Å². The van der Waals surface area contributed by atoms with Gasteiger partial charge in [0.15, 0.2) is 0 Å². The quantitative estimate of drug-likeness (QED) is 0.763. The minimum Gasteiger partial charge on any atom is -0.374 e. The molecule has 1 aliphatic rings. The number of thioether (sulfide) groups is 1. The Labute approximate surface area is 102 Å². The van der Waals surface area contributed by atoms with Gasteiger partial charge in [0, 0.05) is 24.4 Å². The number of amides is 1. The van der Waals surface area contributed by atoms with Crippen molar-refractivity contribution in [3.8, 4) is 0 Å². The van der Waals surface area contributed by atoms with Gasteiger partial charge in [-0.25, -0.2) is 0 Å². The number of carbonyl (C=O) groups excluding carboxylic acids is 1. The Morgan fingerprint density at radius 3 is 2.88 bits per heavy atom. The Morgan fingerprint density at radius 1 is 1.56 bits per heavy atom. The van der Waals surface area contributed by atoms with E-state index in [9.17, 15) is 4.79 Å². The highest BCUT2D eigenvalue weighted by Gasteiger charge is 2.16. The van der Waals surface area contributed by atoms with Crippen LogP contribution < -0.4 is 10.6 Å². The maximum atomic E-state index is 11.5. The van der Waals surface area contributed by atoms with E-state index in [2.05, 4.69) is 31.4 Å². The zero-order valence-corrected chi connectivity index (χ0v) is 11.2. The average Bonchev–Trinajstić information content (AvgIpc) is 2.24. The molecule has 0 aromatic heterocycles. The van der Waals surface area contributed by atoms with Crippen LogP contribution in [0.1, 0.15) is 20.8 Å². The molecule has 0 radical (unpaired) electrons. The van der Waals surface area contributed by atoms with Crippen LogP contribution in [0.15, 0.2) is 0 Å². The molecule has 1 saturated heterocycles. The molecule has 0 saturated carbocycles. The summed E-state index contributed by atoms with van der Waals surface area (Å²) in [7, 11) is 0. The second-order valence-corrected chi connectivity index (χ2v) is 6.70. The van der Waals surface area contributed by atoms with E-state index in [1.165, 1.54) is 0 Å². The van der Waals surface area contributed by atoms with Gasteiger partial charge in [-0.1, -0.05) is 20.8 Å². The third kappa shape index (κ3) is 6.35. The number of hydrogen-bond acceptors (Lipinski definition) is 4. The summed E-state index contributed by atoms with van der Waals surface area (Å²) in [4.78, 5) is 11.5. The lowest BCUT2D eigenvalue weighted by atomic mass is 10.3. The number of nitrogens with one attached hydrogen (secondary N) is 2. The highest BCUT2D eigenvalue weighted by Crippen LogP contribution is 2.22. The van der Waals surface area contributed by atoms with Crippen molar-refractivity contribution in [3.63, 3.8) is 0 Å². The first-order valence-corrected chi connectivity index (χ1v) is 6.69. The van der Waals surface area contributed by atoms with E-state index >= 15 is 0 Å². The van der Waals surface area contributed by atoms with Crippen molar-refractivity contribution in [2.45, 2.75) is 31.6 Å². The van der Waals surface area contributed by atoms with Crippen molar-refractivity contribution in [3.05, 3.63) is 0 Å². The molecule has 4 nitrogen and oxygen atoms in total. The van der Waals surface area contributed by atoms with E-state index in [4.69, 9.17) is 4.74 Å². The Balaban J connectivity index is 2.09.